The number of allylic oxidation sites excluding steroid dienone is 1. The molecule has 5 nitrogen and oxygen atoms in total. The summed E-state index contributed by atoms with van der Waals surface area (Å²) in [6.45, 7) is 7.39. The minimum absolute atomic E-state index is 0.00441. The number of aromatic hydroxyl groups is 2. The Hall–Kier alpha value is -2.08. The molecule has 1 aromatic heterocycles. The molecule has 0 radical (unpaired) electrons. The second-order valence-corrected chi connectivity index (χ2v) is 4.47. The molecule has 6 heteroatoms. The second kappa shape index (κ2) is 4.30. The largest absolute Gasteiger partial charge is 0.508 e. The Morgan fingerprint density at radius 1 is 1.44 bits per heavy atom. The topological polar surface area (TPSA) is 74.1 Å². The van der Waals surface area contributed by atoms with Crippen molar-refractivity contribution >= 4 is 17.9 Å². The predicted octanol–water partition coefficient (Wildman–Crippen LogP) is 2.82. The summed E-state index contributed by atoms with van der Waals surface area (Å²) in [6, 6.07) is 2.82. The number of benzene rings is 1. The fourth-order valence-corrected chi connectivity index (χ4v) is 2.15. The number of hydrogen-bond acceptors (Lipinski definition) is 4. The van der Waals surface area contributed by atoms with Gasteiger partial charge in [0.05, 0.1) is 5.56 Å². The lowest BCUT2D eigenvalue weighted by Gasteiger charge is -2.10. The van der Waals surface area contributed by atoms with Crippen LogP contribution in [-0.2, 0) is 0 Å². The quantitative estimate of drug-likeness (QED) is 0.728. The van der Waals surface area contributed by atoms with Gasteiger partial charge in [0.1, 0.15) is 11.5 Å². The lowest BCUT2D eigenvalue weighted by Crippen LogP contribution is -1.98. The van der Waals surface area contributed by atoms with Crippen molar-refractivity contribution in [2.24, 2.45) is 0 Å². The van der Waals surface area contributed by atoms with Crippen molar-refractivity contribution in [3.05, 3.63) is 29.0 Å². The number of aromatic amines is 1. The molecule has 0 fully saturated rings. The van der Waals surface area contributed by atoms with E-state index in [4.69, 9.17) is 12.2 Å². The summed E-state index contributed by atoms with van der Waals surface area (Å²) in [5, 5.41) is 26.1. The van der Waals surface area contributed by atoms with Crippen molar-refractivity contribution in [2.45, 2.75) is 13.8 Å². The molecule has 0 unspecified atom stereocenters. The minimum Gasteiger partial charge on any atom is -0.508 e. The fourth-order valence-electron chi connectivity index (χ4n) is 1.86. The summed E-state index contributed by atoms with van der Waals surface area (Å²) >= 11 is 5.11. The van der Waals surface area contributed by atoms with E-state index < -0.39 is 0 Å². The minimum atomic E-state index is -0.0519. The van der Waals surface area contributed by atoms with E-state index in [0.717, 1.165) is 0 Å². The van der Waals surface area contributed by atoms with Gasteiger partial charge in [-0.05, 0) is 37.7 Å². The zero-order valence-electron chi connectivity index (χ0n) is 10.1. The van der Waals surface area contributed by atoms with Crippen LogP contribution in [0.5, 0.6) is 11.5 Å². The summed E-state index contributed by atoms with van der Waals surface area (Å²) in [4.78, 5) is 0. The molecular formula is C12H13N3O2S. The van der Waals surface area contributed by atoms with Crippen LogP contribution in [0.3, 0.4) is 0 Å². The zero-order valence-corrected chi connectivity index (χ0v) is 10.9. The van der Waals surface area contributed by atoms with Crippen LogP contribution in [0.4, 0.5) is 0 Å². The van der Waals surface area contributed by atoms with Gasteiger partial charge >= 0.3 is 0 Å². The normalized spacial score (nSPS) is 10.6. The van der Waals surface area contributed by atoms with E-state index in [2.05, 4.69) is 16.8 Å². The Balaban J connectivity index is 2.78. The molecule has 0 aliphatic rings. The summed E-state index contributed by atoms with van der Waals surface area (Å²) < 4.78 is 2.04. The van der Waals surface area contributed by atoms with Crippen LogP contribution in [0.2, 0.25) is 0 Å². The van der Waals surface area contributed by atoms with Crippen LogP contribution in [0.15, 0.2) is 18.7 Å². The lowest BCUT2D eigenvalue weighted by molar-refractivity contribution is 0.451. The Bertz CT molecular complexity index is 662. The van der Waals surface area contributed by atoms with E-state index >= 15 is 0 Å². The van der Waals surface area contributed by atoms with Crippen LogP contribution in [0.1, 0.15) is 12.5 Å². The van der Waals surface area contributed by atoms with Crippen molar-refractivity contribution in [3.8, 4) is 22.9 Å². The predicted molar refractivity (Wildman–Crippen MR) is 71.9 cm³/mol. The van der Waals surface area contributed by atoms with Gasteiger partial charge in [-0.1, -0.05) is 6.58 Å². The molecule has 0 saturated carbocycles. The standard InChI is InChI=1S/C12H13N3O2S/c1-6(2)15-11(13-14-12(15)18)10-7(3)4-8(16)5-9(10)17/h4-5,16-17H,1H2,2-3H3,(H,14,18). The lowest BCUT2D eigenvalue weighted by atomic mass is 10.1. The number of phenolic OH excluding ortho intramolecular Hbond substituents is 2. The molecule has 1 aromatic carbocycles. The van der Waals surface area contributed by atoms with Gasteiger partial charge in [0.15, 0.2) is 10.6 Å². The van der Waals surface area contributed by atoms with E-state index in [1.54, 1.807) is 24.5 Å². The highest BCUT2D eigenvalue weighted by Crippen LogP contribution is 2.35. The van der Waals surface area contributed by atoms with E-state index in [1.807, 2.05) is 0 Å². The van der Waals surface area contributed by atoms with E-state index in [1.165, 1.54) is 6.07 Å². The molecule has 18 heavy (non-hydrogen) atoms. The number of nitrogens with zero attached hydrogens (tertiary/aromatic N) is 2. The van der Waals surface area contributed by atoms with E-state index in [0.29, 0.717) is 27.4 Å². The zero-order chi connectivity index (χ0) is 13.4. The number of phenols is 2. The Kier molecular flexibility index (Phi) is 2.96. The van der Waals surface area contributed by atoms with Gasteiger partial charge in [-0.25, -0.2) is 0 Å². The highest BCUT2D eigenvalue weighted by molar-refractivity contribution is 7.71. The molecule has 3 N–H and O–H groups in total. The SMILES string of the molecule is C=C(C)n1c(-c2c(C)cc(O)cc2O)n[nH]c1=S. The van der Waals surface area contributed by atoms with Gasteiger partial charge in [0.25, 0.3) is 0 Å². The highest BCUT2D eigenvalue weighted by Gasteiger charge is 2.16. The Morgan fingerprint density at radius 3 is 2.67 bits per heavy atom. The second-order valence-electron chi connectivity index (χ2n) is 4.08. The van der Waals surface area contributed by atoms with Gasteiger partial charge in [0.2, 0.25) is 0 Å². The molecule has 2 rings (SSSR count). The number of aryl methyl sites for hydroxylation is 1. The van der Waals surface area contributed by atoms with Gasteiger partial charge in [-0.3, -0.25) is 9.67 Å². The van der Waals surface area contributed by atoms with Crippen molar-refractivity contribution < 1.29 is 10.2 Å². The van der Waals surface area contributed by atoms with Gasteiger partial charge in [-0.15, -0.1) is 0 Å². The molecule has 94 valence electrons. The third-order valence-corrected chi connectivity index (χ3v) is 2.85. The van der Waals surface area contributed by atoms with Crippen molar-refractivity contribution in [1.82, 2.24) is 14.8 Å². The summed E-state index contributed by atoms with van der Waals surface area (Å²) in [6.07, 6.45) is 0. The number of hydrogen-bond donors (Lipinski definition) is 3. The molecular weight excluding hydrogens is 250 g/mol. The molecule has 1 heterocycles. The van der Waals surface area contributed by atoms with E-state index in [-0.39, 0.29) is 11.5 Å². The summed E-state index contributed by atoms with van der Waals surface area (Å²) in [5.41, 5.74) is 1.91. The third kappa shape index (κ3) is 1.91. The number of rotatable bonds is 2. The molecule has 0 aliphatic carbocycles. The molecule has 0 bridgehead atoms. The first-order valence-electron chi connectivity index (χ1n) is 5.28. The van der Waals surface area contributed by atoms with Crippen LogP contribution in [0, 0.1) is 11.7 Å². The first kappa shape index (κ1) is 12.4. The van der Waals surface area contributed by atoms with Crippen LogP contribution >= 0.6 is 12.2 Å². The molecule has 0 aliphatic heterocycles. The average Bonchev–Trinajstić information content (AvgIpc) is 2.58. The van der Waals surface area contributed by atoms with Crippen LogP contribution < -0.4 is 0 Å². The molecule has 0 spiro atoms. The highest BCUT2D eigenvalue weighted by atomic mass is 32.1. The van der Waals surface area contributed by atoms with Crippen LogP contribution in [-0.4, -0.2) is 25.0 Å². The average molecular weight is 263 g/mol. The maximum Gasteiger partial charge on any atom is 0.199 e. The third-order valence-electron chi connectivity index (χ3n) is 2.58. The maximum absolute atomic E-state index is 9.95. The summed E-state index contributed by atoms with van der Waals surface area (Å²) in [5.74, 6) is 0.427. The van der Waals surface area contributed by atoms with Gasteiger partial charge in [0, 0.05) is 11.8 Å². The first-order chi connectivity index (χ1) is 8.41. The smallest absolute Gasteiger partial charge is 0.199 e. The maximum atomic E-state index is 9.95. The van der Waals surface area contributed by atoms with Crippen LogP contribution in [0.25, 0.3) is 17.1 Å². The molecule has 0 saturated heterocycles. The van der Waals surface area contributed by atoms with E-state index in [9.17, 15) is 10.2 Å². The number of H-pyrrole nitrogens is 1. The number of aromatic nitrogens is 3. The number of nitrogens with one attached hydrogen (secondary N) is 1. The molecule has 2 aromatic rings. The monoisotopic (exact) mass is 263 g/mol. The fraction of sp³-hybridized carbons (Fsp3) is 0.167. The first-order valence-corrected chi connectivity index (χ1v) is 5.69. The van der Waals surface area contributed by atoms with Crippen molar-refractivity contribution in [1.29, 1.82) is 0 Å². The van der Waals surface area contributed by atoms with Crippen molar-refractivity contribution in [3.63, 3.8) is 0 Å². The van der Waals surface area contributed by atoms with Gasteiger partial charge < -0.3 is 10.2 Å². The molecule has 0 amide bonds. The molecule has 0 atom stereocenters. The van der Waals surface area contributed by atoms with Gasteiger partial charge in [-0.2, -0.15) is 5.10 Å². The Labute approximate surface area is 109 Å². The van der Waals surface area contributed by atoms with Crippen molar-refractivity contribution in [2.75, 3.05) is 0 Å². The Morgan fingerprint density at radius 2 is 2.11 bits per heavy atom. The summed E-state index contributed by atoms with van der Waals surface area (Å²) in [7, 11) is 0.